The number of aliphatic hydroxyl groups is 1. The van der Waals surface area contributed by atoms with Gasteiger partial charge < -0.3 is 10.4 Å². The van der Waals surface area contributed by atoms with Gasteiger partial charge in [0.05, 0.1) is 6.10 Å². The number of anilines is 1. The largest absolute Gasteiger partial charge is 0.451 e. The van der Waals surface area contributed by atoms with Gasteiger partial charge in [-0.05, 0) is 11.8 Å². The maximum Gasteiger partial charge on any atom is 0.451 e. The number of aromatic nitrogens is 2. The zero-order chi connectivity index (χ0) is 15.6. The molecule has 0 spiro atoms. The van der Waals surface area contributed by atoms with Gasteiger partial charge in [0.25, 0.3) is 0 Å². The Balaban J connectivity index is 2.71. The Hall–Kier alpha value is -1.08. The van der Waals surface area contributed by atoms with Gasteiger partial charge in [-0.15, -0.1) is 0 Å². The molecule has 0 aliphatic carbocycles. The molecule has 0 saturated heterocycles. The van der Waals surface area contributed by atoms with Gasteiger partial charge in [-0.25, -0.2) is 9.97 Å². The summed E-state index contributed by atoms with van der Waals surface area (Å²) >= 11 is 5.52. The second-order valence-electron chi connectivity index (χ2n) is 5.70. The molecule has 0 aliphatic rings. The minimum atomic E-state index is -4.66. The van der Waals surface area contributed by atoms with Crippen LogP contribution in [0.4, 0.5) is 19.0 Å². The van der Waals surface area contributed by atoms with E-state index in [2.05, 4.69) is 15.3 Å². The van der Waals surface area contributed by atoms with Crippen LogP contribution >= 0.6 is 11.6 Å². The summed E-state index contributed by atoms with van der Waals surface area (Å²) in [6.07, 6.45) is -4.85. The molecule has 0 bridgehead atoms. The molecular formula is C12H17ClF3N3O. The third kappa shape index (κ3) is 5.92. The van der Waals surface area contributed by atoms with E-state index in [1.54, 1.807) is 0 Å². The highest BCUT2D eigenvalue weighted by Gasteiger charge is 2.35. The SMILES string of the molecule is CC(C)(C)CC(O)CNc1cc(Cl)nc(C(F)(F)F)n1. The first-order valence-corrected chi connectivity index (χ1v) is 6.39. The molecule has 0 radical (unpaired) electrons. The monoisotopic (exact) mass is 311 g/mol. The Bertz CT molecular complexity index is 460. The number of nitrogens with one attached hydrogen (secondary N) is 1. The van der Waals surface area contributed by atoms with Crippen molar-refractivity contribution in [1.29, 1.82) is 0 Å². The van der Waals surface area contributed by atoms with Crippen molar-refractivity contribution >= 4 is 17.4 Å². The minimum absolute atomic E-state index is 0.0646. The first kappa shape index (κ1) is 17.0. The predicted octanol–water partition coefficient (Wildman–Crippen LogP) is 3.36. The van der Waals surface area contributed by atoms with Gasteiger partial charge in [0.15, 0.2) is 0 Å². The van der Waals surface area contributed by atoms with Crippen LogP contribution in [0, 0.1) is 5.41 Å². The first-order chi connectivity index (χ1) is 8.97. The highest BCUT2D eigenvalue weighted by atomic mass is 35.5. The van der Waals surface area contributed by atoms with Crippen molar-refractivity contribution in [3.05, 3.63) is 17.0 Å². The second kappa shape index (κ2) is 6.13. The second-order valence-corrected chi connectivity index (χ2v) is 6.08. The van der Waals surface area contributed by atoms with E-state index in [0.717, 1.165) is 0 Å². The molecule has 1 heterocycles. The lowest BCUT2D eigenvalue weighted by Gasteiger charge is -2.22. The van der Waals surface area contributed by atoms with Crippen molar-refractivity contribution in [2.75, 3.05) is 11.9 Å². The quantitative estimate of drug-likeness (QED) is 0.837. The molecule has 1 aromatic heterocycles. The van der Waals surface area contributed by atoms with Gasteiger partial charge in [0.2, 0.25) is 5.82 Å². The van der Waals surface area contributed by atoms with Crippen LogP contribution in [0.25, 0.3) is 0 Å². The van der Waals surface area contributed by atoms with Crippen LogP contribution in [0.2, 0.25) is 5.15 Å². The number of halogens is 4. The van der Waals surface area contributed by atoms with Gasteiger partial charge in [0, 0.05) is 12.6 Å². The number of nitrogens with zero attached hydrogens (tertiary/aromatic N) is 2. The summed E-state index contributed by atoms with van der Waals surface area (Å²) in [7, 11) is 0. The summed E-state index contributed by atoms with van der Waals surface area (Å²) in [5.41, 5.74) is -0.0818. The van der Waals surface area contributed by atoms with Crippen molar-refractivity contribution in [1.82, 2.24) is 9.97 Å². The Labute approximate surface area is 120 Å². The number of aliphatic hydroxyl groups excluding tert-OH is 1. The number of hydrogen-bond acceptors (Lipinski definition) is 4. The lowest BCUT2D eigenvalue weighted by atomic mass is 9.89. The smallest absolute Gasteiger partial charge is 0.391 e. The number of hydrogen-bond donors (Lipinski definition) is 2. The summed E-state index contributed by atoms with van der Waals surface area (Å²) in [6, 6.07) is 1.18. The Morgan fingerprint density at radius 1 is 1.30 bits per heavy atom. The van der Waals surface area contributed by atoms with E-state index in [0.29, 0.717) is 6.42 Å². The summed E-state index contributed by atoms with van der Waals surface area (Å²) < 4.78 is 37.5. The highest BCUT2D eigenvalue weighted by molar-refractivity contribution is 6.29. The maximum absolute atomic E-state index is 12.5. The molecule has 1 aromatic rings. The van der Waals surface area contributed by atoms with Crippen LogP contribution < -0.4 is 5.32 Å². The molecule has 0 amide bonds. The molecule has 0 saturated carbocycles. The summed E-state index contributed by atoms with van der Waals surface area (Å²) in [6.45, 7) is 5.96. The summed E-state index contributed by atoms with van der Waals surface area (Å²) in [4.78, 5) is 6.45. The molecule has 1 unspecified atom stereocenters. The molecule has 0 aromatic carbocycles. The molecule has 114 valence electrons. The number of rotatable bonds is 4. The van der Waals surface area contributed by atoms with E-state index in [1.807, 2.05) is 20.8 Å². The van der Waals surface area contributed by atoms with Crippen LogP contribution in [-0.4, -0.2) is 27.7 Å². The van der Waals surface area contributed by atoms with Crippen molar-refractivity contribution in [2.24, 2.45) is 5.41 Å². The molecule has 0 aliphatic heterocycles. The third-order valence-electron chi connectivity index (χ3n) is 2.32. The fourth-order valence-corrected chi connectivity index (χ4v) is 1.82. The van der Waals surface area contributed by atoms with Crippen molar-refractivity contribution < 1.29 is 18.3 Å². The molecule has 4 nitrogen and oxygen atoms in total. The van der Waals surface area contributed by atoms with Crippen LogP contribution in [0.15, 0.2) is 6.07 Å². The van der Waals surface area contributed by atoms with Crippen LogP contribution in [-0.2, 0) is 6.18 Å². The normalized spacial score (nSPS) is 14.2. The first-order valence-electron chi connectivity index (χ1n) is 6.01. The van der Waals surface area contributed by atoms with Gasteiger partial charge in [0.1, 0.15) is 11.0 Å². The van der Waals surface area contributed by atoms with Gasteiger partial charge in [-0.2, -0.15) is 13.2 Å². The average molecular weight is 312 g/mol. The summed E-state index contributed by atoms with van der Waals surface area (Å²) in [5.74, 6) is -1.37. The van der Waals surface area contributed by atoms with E-state index in [1.165, 1.54) is 6.07 Å². The van der Waals surface area contributed by atoms with E-state index < -0.39 is 18.1 Å². The standard InChI is InChI=1S/C12H17ClF3N3O/c1-11(2,3)5-7(20)6-17-9-4-8(13)18-10(19-9)12(14,15)16/h4,7,20H,5-6H2,1-3H3,(H,17,18,19). The van der Waals surface area contributed by atoms with E-state index >= 15 is 0 Å². The van der Waals surface area contributed by atoms with Crippen molar-refractivity contribution in [2.45, 2.75) is 39.5 Å². The Morgan fingerprint density at radius 3 is 2.40 bits per heavy atom. The molecule has 8 heteroatoms. The molecule has 0 fully saturated rings. The van der Waals surface area contributed by atoms with E-state index in [-0.39, 0.29) is 22.9 Å². The summed E-state index contributed by atoms with van der Waals surface area (Å²) in [5, 5.41) is 12.1. The van der Waals surface area contributed by atoms with Crippen LogP contribution in [0.5, 0.6) is 0 Å². The molecule has 1 atom stereocenters. The third-order valence-corrected chi connectivity index (χ3v) is 2.51. The Kier molecular flexibility index (Phi) is 5.21. The molecule has 1 rings (SSSR count). The van der Waals surface area contributed by atoms with Gasteiger partial charge in [-0.1, -0.05) is 32.4 Å². The lowest BCUT2D eigenvalue weighted by molar-refractivity contribution is -0.144. The fourth-order valence-electron chi connectivity index (χ4n) is 1.64. The van der Waals surface area contributed by atoms with E-state index in [9.17, 15) is 18.3 Å². The molecule has 20 heavy (non-hydrogen) atoms. The molecular weight excluding hydrogens is 295 g/mol. The topological polar surface area (TPSA) is 58.0 Å². The van der Waals surface area contributed by atoms with Gasteiger partial charge >= 0.3 is 6.18 Å². The zero-order valence-electron chi connectivity index (χ0n) is 11.4. The Morgan fingerprint density at radius 2 is 1.90 bits per heavy atom. The minimum Gasteiger partial charge on any atom is -0.391 e. The maximum atomic E-state index is 12.5. The van der Waals surface area contributed by atoms with Crippen LogP contribution in [0.1, 0.15) is 33.0 Å². The number of alkyl halides is 3. The average Bonchev–Trinajstić information content (AvgIpc) is 2.22. The predicted molar refractivity (Wildman–Crippen MR) is 70.6 cm³/mol. The fraction of sp³-hybridized carbons (Fsp3) is 0.667. The van der Waals surface area contributed by atoms with Crippen molar-refractivity contribution in [3.63, 3.8) is 0 Å². The van der Waals surface area contributed by atoms with Gasteiger partial charge in [-0.3, -0.25) is 0 Å². The highest BCUT2D eigenvalue weighted by Crippen LogP contribution is 2.28. The molecule has 2 N–H and O–H groups in total. The van der Waals surface area contributed by atoms with Crippen LogP contribution in [0.3, 0.4) is 0 Å². The zero-order valence-corrected chi connectivity index (χ0v) is 12.2. The lowest BCUT2D eigenvalue weighted by Crippen LogP contribution is -2.25. The van der Waals surface area contributed by atoms with E-state index in [4.69, 9.17) is 11.6 Å². The van der Waals surface area contributed by atoms with Crippen molar-refractivity contribution in [3.8, 4) is 0 Å².